The monoisotopic (exact) mass is 341 g/mol. The number of ether oxygens (including phenoxy) is 1. The van der Waals surface area contributed by atoms with E-state index in [1.54, 1.807) is 0 Å². The van der Waals surface area contributed by atoms with Crippen LogP contribution in [0.1, 0.15) is 36.0 Å². The summed E-state index contributed by atoms with van der Waals surface area (Å²) in [4.78, 5) is 13.9. The minimum atomic E-state index is -0.804. The molecule has 0 aliphatic rings. The number of anilines is 1. The molecule has 1 atom stereocenters. The minimum Gasteiger partial charge on any atom is -0.494 e. The van der Waals surface area contributed by atoms with Gasteiger partial charge in [0, 0.05) is 19.8 Å². The summed E-state index contributed by atoms with van der Waals surface area (Å²) >= 11 is 0. The second kappa shape index (κ2) is 8.56. The quantitative estimate of drug-likeness (QED) is 0.779. The first-order valence-electron chi connectivity index (χ1n) is 8.64. The van der Waals surface area contributed by atoms with Crippen molar-refractivity contribution in [2.75, 3.05) is 25.6 Å². The highest BCUT2D eigenvalue weighted by atomic mass is 16.5. The fraction of sp³-hybridized carbons (Fsp3) is 0.381. The Hall–Kier alpha value is -2.49. The summed E-state index contributed by atoms with van der Waals surface area (Å²) in [5, 5.41) is 9.73. The maximum atomic E-state index is 11.8. The van der Waals surface area contributed by atoms with Gasteiger partial charge in [-0.05, 0) is 60.7 Å². The van der Waals surface area contributed by atoms with E-state index in [2.05, 4.69) is 6.92 Å². The molecule has 0 aromatic heterocycles. The molecule has 0 heterocycles. The van der Waals surface area contributed by atoms with E-state index in [-0.39, 0.29) is 0 Å². The third-order valence-corrected chi connectivity index (χ3v) is 4.28. The highest BCUT2D eigenvalue weighted by Gasteiger charge is 2.22. The van der Waals surface area contributed by atoms with Gasteiger partial charge in [-0.15, -0.1) is 0 Å². The molecule has 0 radical (unpaired) electrons. The van der Waals surface area contributed by atoms with Gasteiger partial charge in [-0.2, -0.15) is 0 Å². The van der Waals surface area contributed by atoms with Crippen LogP contribution in [0.2, 0.25) is 0 Å². The third-order valence-electron chi connectivity index (χ3n) is 4.28. The molecule has 0 amide bonds. The van der Waals surface area contributed by atoms with Gasteiger partial charge in [0.2, 0.25) is 0 Å². The fourth-order valence-corrected chi connectivity index (χ4v) is 2.85. The average molecular weight is 341 g/mol. The van der Waals surface area contributed by atoms with Crippen molar-refractivity contribution >= 4 is 11.7 Å². The van der Waals surface area contributed by atoms with E-state index >= 15 is 0 Å². The van der Waals surface area contributed by atoms with Crippen LogP contribution in [0.25, 0.3) is 0 Å². The van der Waals surface area contributed by atoms with Gasteiger partial charge in [0.25, 0.3) is 0 Å². The van der Waals surface area contributed by atoms with E-state index in [0.29, 0.717) is 13.0 Å². The first-order chi connectivity index (χ1) is 11.9. The first-order valence-corrected chi connectivity index (χ1v) is 8.64. The summed E-state index contributed by atoms with van der Waals surface area (Å²) in [5.41, 5.74) is 3.91. The number of aryl methyl sites for hydroxylation is 1. The topological polar surface area (TPSA) is 49.8 Å². The van der Waals surface area contributed by atoms with Gasteiger partial charge in [-0.1, -0.05) is 25.1 Å². The Balaban J connectivity index is 2.21. The summed E-state index contributed by atoms with van der Waals surface area (Å²) in [7, 11) is 3.97. The van der Waals surface area contributed by atoms with Crippen molar-refractivity contribution in [3.05, 3.63) is 59.2 Å². The molecule has 4 nitrogen and oxygen atoms in total. The number of benzene rings is 2. The zero-order valence-electron chi connectivity index (χ0n) is 15.5. The van der Waals surface area contributed by atoms with Crippen LogP contribution in [-0.4, -0.2) is 31.8 Å². The Morgan fingerprint density at radius 2 is 1.84 bits per heavy atom. The number of aliphatic carboxylic acids is 1. The maximum Gasteiger partial charge on any atom is 0.311 e. The van der Waals surface area contributed by atoms with Crippen LogP contribution in [0.4, 0.5) is 5.69 Å². The van der Waals surface area contributed by atoms with Crippen molar-refractivity contribution in [2.24, 2.45) is 0 Å². The molecule has 134 valence electrons. The van der Waals surface area contributed by atoms with Gasteiger partial charge in [-0.3, -0.25) is 4.79 Å². The lowest BCUT2D eigenvalue weighted by Crippen LogP contribution is -2.16. The van der Waals surface area contributed by atoms with Crippen LogP contribution in [0.5, 0.6) is 5.75 Å². The molecule has 2 aromatic carbocycles. The molecule has 1 N–H and O–H groups in total. The van der Waals surface area contributed by atoms with Crippen molar-refractivity contribution < 1.29 is 14.6 Å². The van der Waals surface area contributed by atoms with Crippen LogP contribution >= 0.6 is 0 Å². The number of carboxylic acid groups (broad SMARTS) is 1. The lowest BCUT2D eigenvalue weighted by Gasteiger charge is -2.18. The van der Waals surface area contributed by atoms with E-state index in [4.69, 9.17) is 4.74 Å². The van der Waals surface area contributed by atoms with Crippen LogP contribution in [0.15, 0.2) is 42.5 Å². The van der Waals surface area contributed by atoms with Crippen molar-refractivity contribution in [1.29, 1.82) is 0 Å². The van der Waals surface area contributed by atoms with E-state index in [1.165, 1.54) is 0 Å². The zero-order valence-corrected chi connectivity index (χ0v) is 15.5. The normalized spacial score (nSPS) is 11.8. The summed E-state index contributed by atoms with van der Waals surface area (Å²) in [6.07, 6.45) is 1.42. The molecule has 2 aromatic rings. The smallest absolute Gasteiger partial charge is 0.311 e. The molecule has 0 aliphatic carbocycles. The number of nitrogens with zero attached hydrogens (tertiary/aromatic N) is 1. The molecule has 0 aliphatic heterocycles. The van der Waals surface area contributed by atoms with Crippen molar-refractivity contribution in [3.8, 4) is 5.75 Å². The molecule has 1 unspecified atom stereocenters. The van der Waals surface area contributed by atoms with E-state index in [0.717, 1.165) is 34.5 Å². The van der Waals surface area contributed by atoms with Crippen molar-refractivity contribution in [1.82, 2.24) is 0 Å². The van der Waals surface area contributed by atoms with E-state index < -0.39 is 11.9 Å². The summed E-state index contributed by atoms with van der Waals surface area (Å²) < 4.78 is 5.63. The Morgan fingerprint density at radius 3 is 2.36 bits per heavy atom. The van der Waals surface area contributed by atoms with E-state index in [9.17, 15) is 9.90 Å². The fourth-order valence-electron chi connectivity index (χ4n) is 2.85. The average Bonchev–Trinajstić information content (AvgIpc) is 2.58. The summed E-state index contributed by atoms with van der Waals surface area (Å²) in [5.74, 6) is -0.574. The second-order valence-corrected chi connectivity index (χ2v) is 6.52. The number of carbonyl (C=O) groups is 1. The lowest BCUT2D eigenvalue weighted by molar-refractivity contribution is -0.138. The van der Waals surface area contributed by atoms with Gasteiger partial charge in [0.05, 0.1) is 12.5 Å². The van der Waals surface area contributed by atoms with Crippen LogP contribution < -0.4 is 9.64 Å². The predicted molar refractivity (Wildman–Crippen MR) is 102 cm³/mol. The highest BCUT2D eigenvalue weighted by Crippen LogP contribution is 2.28. The van der Waals surface area contributed by atoms with Crippen LogP contribution in [-0.2, 0) is 11.2 Å². The standard InChI is InChI=1S/C21H27NO3/c1-5-12-25-18-10-11-19(15(2)13-18)20(21(23)24)14-16-6-8-17(9-7-16)22(3)4/h6-11,13,20H,5,12,14H2,1-4H3,(H,23,24). The number of hydrogen-bond donors (Lipinski definition) is 1. The predicted octanol–water partition coefficient (Wildman–Crippen LogP) is 4.26. The molecule has 25 heavy (non-hydrogen) atoms. The van der Waals surface area contributed by atoms with Crippen LogP contribution in [0.3, 0.4) is 0 Å². The molecule has 0 spiro atoms. The molecule has 0 saturated carbocycles. The van der Waals surface area contributed by atoms with Gasteiger partial charge < -0.3 is 14.7 Å². The Morgan fingerprint density at radius 1 is 1.16 bits per heavy atom. The van der Waals surface area contributed by atoms with Crippen molar-refractivity contribution in [2.45, 2.75) is 32.6 Å². The van der Waals surface area contributed by atoms with Gasteiger partial charge in [-0.25, -0.2) is 0 Å². The number of rotatable bonds is 8. The summed E-state index contributed by atoms with van der Waals surface area (Å²) in [6.45, 7) is 4.67. The van der Waals surface area contributed by atoms with Gasteiger partial charge in [0.1, 0.15) is 5.75 Å². The second-order valence-electron chi connectivity index (χ2n) is 6.52. The van der Waals surface area contributed by atoms with Gasteiger partial charge in [0.15, 0.2) is 0 Å². The Labute approximate surface area is 150 Å². The first kappa shape index (κ1) is 18.8. The molecular weight excluding hydrogens is 314 g/mol. The molecule has 0 bridgehead atoms. The van der Waals surface area contributed by atoms with Gasteiger partial charge >= 0.3 is 5.97 Å². The van der Waals surface area contributed by atoms with E-state index in [1.807, 2.05) is 68.4 Å². The summed E-state index contributed by atoms with van der Waals surface area (Å²) in [6, 6.07) is 13.7. The molecular formula is C21H27NO3. The molecule has 4 heteroatoms. The molecule has 0 fully saturated rings. The Bertz CT molecular complexity index is 708. The lowest BCUT2D eigenvalue weighted by atomic mass is 9.89. The third kappa shape index (κ3) is 4.99. The number of hydrogen-bond acceptors (Lipinski definition) is 3. The molecule has 2 rings (SSSR count). The van der Waals surface area contributed by atoms with Crippen molar-refractivity contribution in [3.63, 3.8) is 0 Å². The SMILES string of the molecule is CCCOc1ccc(C(Cc2ccc(N(C)C)cc2)C(=O)O)c(C)c1. The Kier molecular flexibility index (Phi) is 6.45. The number of carboxylic acids is 1. The minimum absolute atomic E-state index is 0.471. The highest BCUT2D eigenvalue weighted by molar-refractivity contribution is 5.77. The maximum absolute atomic E-state index is 11.8. The zero-order chi connectivity index (χ0) is 18.4. The molecule has 0 saturated heterocycles. The largest absolute Gasteiger partial charge is 0.494 e. The van der Waals surface area contributed by atoms with Crippen LogP contribution in [0, 0.1) is 6.92 Å².